The van der Waals surface area contributed by atoms with Gasteiger partial charge in [-0.3, -0.25) is 4.79 Å². The summed E-state index contributed by atoms with van der Waals surface area (Å²) in [5.41, 5.74) is 0.996. The van der Waals surface area contributed by atoms with Crippen LogP contribution in [0.4, 0.5) is 0 Å². The Morgan fingerprint density at radius 1 is 1.18 bits per heavy atom. The second-order valence-electron chi connectivity index (χ2n) is 5.96. The maximum absolute atomic E-state index is 12.6. The Hall–Kier alpha value is -1.63. The van der Waals surface area contributed by atoms with E-state index in [1.54, 1.807) is 33.0 Å². The number of amides is 1. The predicted octanol–water partition coefficient (Wildman–Crippen LogP) is 1.53. The fourth-order valence-corrected chi connectivity index (χ4v) is 3.01. The van der Waals surface area contributed by atoms with Crippen molar-refractivity contribution in [1.29, 1.82) is 0 Å². The second-order valence-corrected chi connectivity index (χ2v) is 5.96. The van der Waals surface area contributed by atoms with E-state index in [0.29, 0.717) is 6.54 Å². The first-order chi connectivity index (χ1) is 10.4. The van der Waals surface area contributed by atoms with Crippen LogP contribution in [-0.4, -0.2) is 49.2 Å². The summed E-state index contributed by atoms with van der Waals surface area (Å²) >= 11 is 0. The van der Waals surface area contributed by atoms with Crippen molar-refractivity contribution in [2.45, 2.75) is 44.6 Å². The molecule has 0 aliphatic carbocycles. The summed E-state index contributed by atoms with van der Waals surface area (Å²) in [5, 5.41) is 0. The minimum atomic E-state index is -0.756. The molecule has 2 heterocycles. The summed E-state index contributed by atoms with van der Waals surface area (Å²) in [6.07, 6.45) is -1.44. The van der Waals surface area contributed by atoms with Gasteiger partial charge in [-0.15, -0.1) is 0 Å². The lowest BCUT2D eigenvalue weighted by Gasteiger charge is -2.28. The molecule has 1 aromatic carbocycles. The fraction of sp³-hybridized carbons (Fsp3) is 0.562. The highest BCUT2D eigenvalue weighted by molar-refractivity contribution is 5.85. The molecule has 2 aliphatic rings. The Labute approximate surface area is 129 Å². The maximum Gasteiger partial charge on any atom is 0.257 e. The number of carbonyl (C=O) groups excluding carboxylic acids is 1. The first kappa shape index (κ1) is 15.3. The Kier molecular flexibility index (Phi) is 3.84. The van der Waals surface area contributed by atoms with Gasteiger partial charge in [0.05, 0.1) is 7.11 Å². The molecule has 0 radical (unpaired) electrons. The van der Waals surface area contributed by atoms with Crippen molar-refractivity contribution in [2.24, 2.45) is 0 Å². The molecular weight excluding hydrogens is 286 g/mol. The van der Waals surface area contributed by atoms with Crippen molar-refractivity contribution in [2.75, 3.05) is 14.2 Å². The molecule has 1 aromatic rings. The third-order valence-electron chi connectivity index (χ3n) is 4.00. The van der Waals surface area contributed by atoms with Gasteiger partial charge in [-0.2, -0.15) is 0 Å². The van der Waals surface area contributed by atoms with Gasteiger partial charge in [-0.05, 0) is 31.5 Å². The minimum absolute atomic E-state index is 0.0988. The molecule has 1 amide bonds. The summed E-state index contributed by atoms with van der Waals surface area (Å²) in [6, 6.07) is 7.60. The molecule has 0 spiro atoms. The van der Waals surface area contributed by atoms with E-state index in [2.05, 4.69) is 0 Å². The normalized spacial score (nSPS) is 29.7. The van der Waals surface area contributed by atoms with Crippen LogP contribution in [0.3, 0.4) is 0 Å². The van der Waals surface area contributed by atoms with Crippen LogP contribution in [-0.2, 0) is 25.5 Å². The maximum atomic E-state index is 12.6. The average Bonchev–Trinajstić information content (AvgIpc) is 2.93. The van der Waals surface area contributed by atoms with Crippen molar-refractivity contribution in [1.82, 2.24) is 4.90 Å². The summed E-state index contributed by atoms with van der Waals surface area (Å²) in [4.78, 5) is 14.2. The molecule has 6 heteroatoms. The van der Waals surface area contributed by atoms with Gasteiger partial charge in [-0.1, -0.05) is 12.1 Å². The fourth-order valence-electron chi connectivity index (χ4n) is 3.01. The Bertz CT molecular complexity index is 556. The zero-order valence-electron chi connectivity index (χ0n) is 13.2. The van der Waals surface area contributed by atoms with Gasteiger partial charge in [-0.25, -0.2) is 0 Å². The van der Waals surface area contributed by atoms with Crippen LogP contribution < -0.4 is 4.74 Å². The Balaban J connectivity index is 1.77. The number of hydrogen-bond donors (Lipinski definition) is 0. The van der Waals surface area contributed by atoms with Crippen molar-refractivity contribution < 1.29 is 23.7 Å². The van der Waals surface area contributed by atoms with E-state index in [1.807, 2.05) is 24.3 Å². The van der Waals surface area contributed by atoms with E-state index in [-0.39, 0.29) is 5.91 Å². The molecule has 22 heavy (non-hydrogen) atoms. The topological polar surface area (TPSA) is 57.2 Å². The lowest BCUT2D eigenvalue weighted by atomic mass is 10.2. The highest BCUT2D eigenvalue weighted by Gasteiger charge is 2.58. The molecule has 6 nitrogen and oxygen atoms in total. The van der Waals surface area contributed by atoms with E-state index < -0.39 is 24.2 Å². The molecule has 0 N–H and O–H groups in total. The van der Waals surface area contributed by atoms with Gasteiger partial charge in [0.2, 0.25) is 0 Å². The van der Waals surface area contributed by atoms with Crippen LogP contribution in [0.25, 0.3) is 0 Å². The van der Waals surface area contributed by atoms with Crippen molar-refractivity contribution >= 4 is 5.91 Å². The molecule has 2 saturated heterocycles. The second kappa shape index (κ2) is 5.53. The van der Waals surface area contributed by atoms with Crippen LogP contribution in [0.1, 0.15) is 19.4 Å². The highest BCUT2D eigenvalue weighted by atomic mass is 16.8. The Morgan fingerprint density at radius 3 is 2.45 bits per heavy atom. The van der Waals surface area contributed by atoms with Gasteiger partial charge in [0.25, 0.3) is 5.91 Å². The molecule has 2 aliphatic heterocycles. The van der Waals surface area contributed by atoms with E-state index in [1.165, 1.54) is 0 Å². The first-order valence-corrected chi connectivity index (χ1v) is 7.27. The standard InChI is InChI=1S/C16H21NO5/c1-16(2)21-12-13(22-16)15(20-4)17(14(12)18)9-10-5-7-11(19-3)8-6-10/h5-8,12-13,15H,9H2,1-4H3/t12-,13+,15-/m0/s1. The lowest BCUT2D eigenvalue weighted by Crippen LogP contribution is -2.41. The quantitative estimate of drug-likeness (QED) is 0.844. The number of fused-ring (bicyclic) bond motifs is 1. The van der Waals surface area contributed by atoms with Crippen LogP contribution in [0, 0.1) is 0 Å². The van der Waals surface area contributed by atoms with E-state index in [9.17, 15) is 4.79 Å². The van der Waals surface area contributed by atoms with Gasteiger partial charge in [0.1, 0.15) is 11.9 Å². The molecule has 2 fully saturated rings. The van der Waals surface area contributed by atoms with Crippen molar-refractivity contribution in [3.8, 4) is 5.75 Å². The summed E-state index contributed by atoms with van der Waals surface area (Å²) < 4.78 is 22.2. The monoisotopic (exact) mass is 307 g/mol. The van der Waals surface area contributed by atoms with Gasteiger partial charge < -0.3 is 23.8 Å². The minimum Gasteiger partial charge on any atom is -0.497 e. The van der Waals surface area contributed by atoms with E-state index in [4.69, 9.17) is 18.9 Å². The number of carbonyl (C=O) groups is 1. The molecular formula is C16H21NO5. The molecule has 0 bridgehead atoms. The summed E-state index contributed by atoms with van der Waals surface area (Å²) in [7, 11) is 3.20. The third-order valence-corrected chi connectivity index (χ3v) is 4.00. The number of rotatable bonds is 4. The number of benzene rings is 1. The van der Waals surface area contributed by atoms with Gasteiger partial charge in [0.15, 0.2) is 18.1 Å². The average molecular weight is 307 g/mol. The number of ether oxygens (including phenoxy) is 4. The highest BCUT2D eigenvalue weighted by Crippen LogP contribution is 2.38. The van der Waals surface area contributed by atoms with Crippen LogP contribution >= 0.6 is 0 Å². The predicted molar refractivity (Wildman–Crippen MR) is 78.2 cm³/mol. The van der Waals surface area contributed by atoms with Gasteiger partial charge in [0, 0.05) is 13.7 Å². The number of likely N-dealkylation sites (tertiary alicyclic amines) is 1. The summed E-state index contributed by atoms with van der Waals surface area (Å²) in [6.45, 7) is 4.06. The zero-order valence-corrected chi connectivity index (χ0v) is 13.2. The molecule has 3 rings (SSSR count). The zero-order chi connectivity index (χ0) is 15.9. The van der Waals surface area contributed by atoms with Gasteiger partial charge >= 0.3 is 0 Å². The SMILES string of the molecule is COc1ccc(CN2C(=O)[C@H]3OC(C)(C)O[C@H]3[C@@H]2OC)cc1. The molecule has 0 saturated carbocycles. The van der Waals surface area contributed by atoms with Crippen molar-refractivity contribution in [3.63, 3.8) is 0 Å². The Morgan fingerprint density at radius 2 is 1.86 bits per heavy atom. The first-order valence-electron chi connectivity index (χ1n) is 7.27. The van der Waals surface area contributed by atoms with Crippen LogP contribution in [0.15, 0.2) is 24.3 Å². The lowest BCUT2D eigenvalue weighted by molar-refractivity contribution is -0.191. The van der Waals surface area contributed by atoms with Crippen LogP contribution in [0.2, 0.25) is 0 Å². The number of methoxy groups -OCH3 is 2. The van der Waals surface area contributed by atoms with Crippen molar-refractivity contribution in [3.05, 3.63) is 29.8 Å². The summed E-state index contributed by atoms with van der Waals surface area (Å²) in [5.74, 6) is -0.0723. The van der Waals surface area contributed by atoms with E-state index >= 15 is 0 Å². The number of hydrogen-bond acceptors (Lipinski definition) is 5. The smallest absolute Gasteiger partial charge is 0.257 e. The van der Waals surface area contributed by atoms with Crippen LogP contribution in [0.5, 0.6) is 5.75 Å². The molecule has 120 valence electrons. The third kappa shape index (κ3) is 2.58. The molecule has 0 aromatic heterocycles. The van der Waals surface area contributed by atoms with E-state index in [0.717, 1.165) is 11.3 Å². The largest absolute Gasteiger partial charge is 0.497 e. The molecule has 0 unspecified atom stereocenters. The molecule has 3 atom stereocenters. The number of nitrogens with zero attached hydrogens (tertiary/aromatic N) is 1.